The predicted molar refractivity (Wildman–Crippen MR) is 137 cm³/mol. The van der Waals surface area contributed by atoms with Crippen LogP contribution in [0.3, 0.4) is 0 Å². The molecule has 34 heavy (non-hydrogen) atoms. The van der Waals surface area contributed by atoms with E-state index in [1.165, 1.54) is 16.4 Å². The zero-order valence-corrected chi connectivity index (χ0v) is 20.7. The number of carbonyl (C=O) groups is 1. The molecule has 0 aliphatic heterocycles. The number of hydrogen-bond donors (Lipinski definition) is 2. The molecular weight excluding hydrogens is 470 g/mol. The SMILES string of the molecule is CCCOc1ccccc1C(=O)NC(=S)Nc1ccc(S(=O)(=O)N(C)Cc2ccccc2)cc1. The monoisotopic (exact) mass is 497 g/mol. The molecule has 0 aliphatic carbocycles. The summed E-state index contributed by atoms with van der Waals surface area (Å²) < 4.78 is 32.7. The summed E-state index contributed by atoms with van der Waals surface area (Å²) in [4.78, 5) is 12.8. The molecule has 0 aliphatic rings. The lowest BCUT2D eigenvalue weighted by atomic mass is 10.2. The van der Waals surface area contributed by atoms with Gasteiger partial charge in [0.05, 0.1) is 17.1 Å². The van der Waals surface area contributed by atoms with Crippen molar-refractivity contribution in [1.29, 1.82) is 0 Å². The van der Waals surface area contributed by atoms with E-state index in [0.717, 1.165) is 12.0 Å². The average molecular weight is 498 g/mol. The molecule has 3 rings (SSSR count). The normalized spacial score (nSPS) is 11.1. The highest BCUT2D eigenvalue weighted by Crippen LogP contribution is 2.20. The number of nitrogens with one attached hydrogen (secondary N) is 2. The van der Waals surface area contributed by atoms with Crippen LogP contribution in [0.2, 0.25) is 0 Å². The van der Waals surface area contributed by atoms with E-state index in [2.05, 4.69) is 10.6 Å². The van der Waals surface area contributed by atoms with Crippen molar-refractivity contribution in [3.8, 4) is 5.75 Å². The molecule has 0 heterocycles. The number of amides is 1. The Kier molecular flexibility index (Phi) is 8.75. The van der Waals surface area contributed by atoms with E-state index >= 15 is 0 Å². The van der Waals surface area contributed by atoms with Crippen molar-refractivity contribution < 1.29 is 17.9 Å². The fourth-order valence-corrected chi connectivity index (χ4v) is 4.51. The molecule has 2 N–H and O–H groups in total. The van der Waals surface area contributed by atoms with Gasteiger partial charge in [-0.3, -0.25) is 10.1 Å². The lowest BCUT2D eigenvalue weighted by molar-refractivity contribution is 0.0973. The third-order valence-corrected chi connectivity index (χ3v) is 6.91. The Morgan fingerprint density at radius 1 is 0.971 bits per heavy atom. The maximum Gasteiger partial charge on any atom is 0.261 e. The number of thiocarbonyl (C=S) groups is 1. The van der Waals surface area contributed by atoms with Crippen molar-refractivity contribution in [2.75, 3.05) is 19.0 Å². The van der Waals surface area contributed by atoms with Gasteiger partial charge >= 0.3 is 0 Å². The molecule has 0 aromatic heterocycles. The van der Waals surface area contributed by atoms with Gasteiger partial charge in [0.25, 0.3) is 5.91 Å². The van der Waals surface area contributed by atoms with E-state index in [9.17, 15) is 13.2 Å². The number of ether oxygens (including phenoxy) is 1. The van der Waals surface area contributed by atoms with Gasteiger partial charge in [0, 0.05) is 19.3 Å². The smallest absolute Gasteiger partial charge is 0.261 e. The van der Waals surface area contributed by atoms with Gasteiger partial charge in [-0.05, 0) is 60.6 Å². The summed E-state index contributed by atoms with van der Waals surface area (Å²) >= 11 is 5.25. The number of nitrogens with zero attached hydrogens (tertiary/aromatic N) is 1. The Balaban J connectivity index is 1.62. The Labute approximate surface area is 205 Å². The molecule has 0 bridgehead atoms. The number of rotatable bonds is 9. The van der Waals surface area contributed by atoms with Gasteiger partial charge in [0.1, 0.15) is 5.75 Å². The molecule has 0 fully saturated rings. The minimum Gasteiger partial charge on any atom is -0.493 e. The Morgan fingerprint density at radius 2 is 1.62 bits per heavy atom. The van der Waals surface area contributed by atoms with Gasteiger partial charge < -0.3 is 10.1 Å². The summed E-state index contributed by atoms with van der Waals surface area (Å²) in [5.74, 6) is 0.0877. The fourth-order valence-electron chi connectivity index (χ4n) is 3.14. The topological polar surface area (TPSA) is 87.7 Å². The van der Waals surface area contributed by atoms with E-state index in [1.807, 2.05) is 37.3 Å². The molecule has 178 valence electrons. The quantitative estimate of drug-likeness (QED) is 0.426. The van der Waals surface area contributed by atoms with Crippen LogP contribution < -0.4 is 15.4 Å². The van der Waals surface area contributed by atoms with Crippen LogP contribution in [0, 0.1) is 0 Å². The van der Waals surface area contributed by atoms with Crippen molar-refractivity contribution >= 4 is 38.9 Å². The molecule has 0 unspecified atom stereocenters. The van der Waals surface area contributed by atoms with Gasteiger partial charge in [0.15, 0.2) is 5.11 Å². The second-order valence-electron chi connectivity index (χ2n) is 7.52. The van der Waals surface area contributed by atoms with Crippen molar-refractivity contribution in [2.45, 2.75) is 24.8 Å². The van der Waals surface area contributed by atoms with E-state index in [1.54, 1.807) is 43.4 Å². The van der Waals surface area contributed by atoms with Crippen LogP contribution in [-0.2, 0) is 16.6 Å². The van der Waals surface area contributed by atoms with E-state index in [0.29, 0.717) is 23.6 Å². The minimum absolute atomic E-state index is 0.0899. The zero-order chi connectivity index (χ0) is 24.6. The molecule has 3 aromatic carbocycles. The van der Waals surface area contributed by atoms with Crippen molar-refractivity contribution in [3.05, 3.63) is 90.0 Å². The summed E-state index contributed by atoms with van der Waals surface area (Å²) in [6, 6.07) is 22.5. The lowest BCUT2D eigenvalue weighted by Crippen LogP contribution is -2.34. The molecule has 3 aromatic rings. The van der Waals surface area contributed by atoms with Crippen LogP contribution in [0.5, 0.6) is 5.75 Å². The van der Waals surface area contributed by atoms with Crippen LogP contribution in [0.25, 0.3) is 0 Å². The Morgan fingerprint density at radius 3 is 2.29 bits per heavy atom. The molecule has 1 amide bonds. The summed E-state index contributed by atoms with van der Waals surface area (Å²) in [7, 11) is -2.12. The van der Waals surface area contributed by atoms with Gasteiger partial charge in [0.2, 0.25) is 10.0 Å². The zero-order valence-electron chi connectivity index (χ0n) is 19.0. The highest BCUT2D eigenvalue weighted by molar-refractivity contribution is 7.89. The number of sulfonamides is 1. The second-order valence-corrected chi connectivity index (χ2v) is 9.98. The first-order valence-electron chi connectivity index (χ1n) is 10.8. The third kappa shape index (κ3) is 6.63. The summed E-state index contributed by atoms with van der Waals surface area (Å²) in [6.45, 7) is 2.76. The molecule has 9 heteroatoms. The van der Waals surface area contributed by atoms with Crippen LogP contribution in [0.15, 0.2) is 83.8 Å². The number of benzene rings is 3. The first kappa shape index (κ1) is 25.4. The van der Waals surface area contributed by atoms with Crippen LogP contribution >= 0.6 is 12.2 Å². The van der Waals surface area contributed by atoms with Crippen molar-refractivity contribution in [2.24, 2.45) is 0 Å². The maximum absolute atomic E-state index is 12.9. The number of para-hydroxylation sites is 1. The number of carbonyl (C=O) groups excluding carboxylic acids is 1. The first-order valence-corrected chi connectivity index (χ1v) is 12.6. The molecule has 0 saturated heterocycles. The highest BCUT2D eigenvalue weighted by atomic mass is 32.2. The third-order valence-electron chi connectivity index (χ3n) is 4.89. The van der Waals surface area contributed by atoms with Gasteiger partial charge in [-0.2, -0.15) is 4.31 Å². The standard InChI is InChI=1S/C25H27N3O4S2/c1-3-17-32-23-12-8-7-11-22(23)24(29)27-25(33)26-20-13-15-21(16-14-20)34(30,31)28(2)18-19-9-5-4-6-10-19/h4-16H,3,17-18H2,1-2H3,(H2,26,27,29,33). The maximum atomic E-state index is 12.9. The minimum atomic E-state index is -3.66. The van der Waals surface area contributed by atoms with E-state index in [-0.39, 0.29) is 16.6 Å². The van der Waals surface area contributed by atoms with Crippen molar-refractivity contribution in [3.63, 3.8) is 0 Å². The molecule has 0 spiro atoms. The lowest BCUT2D eigenvalue weighted by Gasteiger charge is -2.18. The molecule has 0 saturated carbocycles. The van der Waals surface area contributed by atoms with Gasteiger partial charge in [-0.15, -0.1) is 0 Å². The molecule has 0 atom stereocenters. The summed E-state index contributed by atoms with van der Waals surface area (Å²) in [6.07, 6.45) is 0.823. The number of anilines is 1. The largest absolute Gasteiger partial charge is 0.493 e. The van der Waals surface area contributed by atoms with Crippen LogP contribution in [0.4, 0.5) is 5.69 Å². The molecular formula is C25H27N3O4S2. The van der Waals surface area contributed by atoms with E-state index in [4.69, 9.17) is 17.0 Å². The predicted octanol–water partition coefficient (Wildman–Crippen LogP) is 4.42. The molecule has 0 radical (unpaired) electrons. The molecule has 7 nitrogen and oxygen atoms in total. The van der Waals surface area contributed by atoms with Crippen LogP contribution in [-0.4, -0.2) is 37.4 Å². The summed E-state index contributed by atoms with van der Waals surface area (Å²) in [5, 5.41) is 5.62. The second kappa shape index (κ2) is 11.7. The number of hydrogen-bond acceptors (Lipinski definition) is 5. The van der Waals surface area contributed by atoms with E-state index < -0.39 is 15.9 Å². The van der Waals surface area contributed by atoms with Crippen molar-refractivity contribution in [1.82, 2.24) is 9.62 Å². The average Bonchev–Trinajstić information content (AvgIpc) is 2.83. The van der Waals surface area contributed by atoms with Crippen LogP contribution in [0.1, 0.15) is 29.3 Å². The summed E-state index contributed by atoms with van der Waals surface area (Å²) in [5.41, 5.74) is 1.82. The van der Waals surface area contributed by atoms with Gasteiger partial charge in [-0.25, -0.2) is 8.42 Å². The van der Waals surface area contributed by atoms with Gasteiger partial charge in [-0.1, -0.05) is 49.4 Å². The Bertz CT molecular complexity index is 1230. The highest BCUT2D eigenvalue weighted by Gasteiger charge is 2.21. The first-order chi connectivity index (χ1) is 16.3. The fraction of sp³-hybridized carbons (Fsp3) is 0.200. The Hall–Kier alpha value is -3.27.